The topological polar surface area (TPSA) is 55.8 Å². The van der Waals surface area contributed by atoms with Crippen molar-refractivity contribution in [3.05, 3.63) is 36.0 Å². The Morgan fingerprint density at radius 1 is 0.848 bits per heavy atom. The summed E-state index contributed by atoms with van der Waals surface area (Å²) in [5, 5.41) is 11.3. The van der Waals surface area contributed by atoms with Crippen molar-refractivity contribution in [3.63, 3.8) is 0 Å². The zero-order chi connectivity index (χ0) is 25.8. The van der Waals surface area contributed by atoms with Crippen molar-refractivity contribution in [2.75, 3.05) is 0 Å². The summed E-state index contributed by atoms with van der Waals surface area (Å²) in [7, 11) is -4.48. The summed E-state index contributed by atoms with van der Waals surface area (Å²) in [6.45, 7) is 26.3. The zero-order valence-corrected chi connectivity index (χ0v) is 25.2. The van der Waals surface area contributed by atoms with Crippen molar-refractivity contribution in [2.45, 2.75) is 129 Å². The van der Waals surface area contributed by atoms with Crippen LogP contribution < -0.4 is 0 Å². The first-order chi connectivity index (χ1) is 15.0. The summed E-state index contributed by atoms with van der Waals surface area (Å²) in [5.41, 5.74) is 3.11. The minimum absolute atomic E-state index is 0.269. The van der Waals surface area contributed by atoms with Crippen LogP contribution in [0.25, 0.3) is 0 Å². The Kier molecular flexibility index (Phi) is 10.6. The molecule has 0 spiro atoms. The van der Waals surface area contributed by atoms with Gasteiger partial charge in [0.25, 0.3) is 8.32 Å². The second-order valence-electron chi connectivity index (χ2n) is 11.6. The lowest BCUT2D eigenvalue weighted by molar-refractivity contribution is -0.130. The van der Waals surface area contributed by atoms with Gasteiger partial charge in [-0.05, 0) is 51.0 Å². The first kappa shape index (κ1) is 30.1. The molecule has 1 aliphatic rings. The standard InChI is InChI=1S/C27H50O4Si2/c1-19(2)32(20(3)4,21(5)6)30-26(28)14-13-25-15-17-27(29,18-16-25)31-33(22(7)8,23(9)10)24(11)12/h13-17,19-24,29H,18H2,1-12H3/b14-13+. The van der Waals surface area contributed by atoms with Gasteiger partial charge in [-0.3, -0.25) is 0 Å². The highest BCUT2D eigenvalue weighted by Crippen LogP contribution is 2.46. The van der Waals surface area contributed by atoms with E-state index < -0.39 is 22.4 Å². The minimum atomic E-state index is -2.25. The number of hydrogen-bond acceptors (Lipinski definition) is 4. The van der Waals surface area contributed by atoms with Gasteiger partial charge in [0.15, 0.2) is 5.79 Å². The van der Waals surface area contributed by atoms with Crippen molar-refractivity contribution in [1.82, 2.24) is 0 Å². The summed E-state index contributed by atoms with van der Waals surface area (Å²) in [6.07, 6.45) is 9.25. The molecule has 0 fully saturated rings. The fourth-order valence-corrected chi connectivity index (χ4v) is 16.8. The lowest BCUT2D eigenvalue weighted by Gasteiger charge is -2.47. The highest BCUT2D eigenvalue weighted by atomic mass is 28.4. The summed E-state index contributed by atoms with van der Waals surface area (Å²) < 4.78 is 12.8. The molecule has 33 heavy (non-hydrogen) atoms. The van der Waals surface area contributed by atoms with Crippen molar-refractivity contribution in [1.29, 1.82) is 0 Å². The van der Waals surface area contributed by atoms with E-state index in [0.29, 0.717) is 39.7 Å². The normalized spacial score (nSPS) is 20.3. The molecule has 190 valence electrons. The molecule has 4 nitrogen and oxygen atoms in total. The van der Waals surface area contributed by atoms with Gasteiger partial charge in [-0.1, -0.05) is 95.2 Å². The number of hydrogen-bond donors (Lipinski definition) is 1. The second kappa shape index (κ2) is 11.6. The van der Waals surface area contributed by atoms with E-state index >= 15 is 0 Å². The van der Waals surface area contributed by atoms with Crippen LogP contribution in [0.15, 0.2) is 36.0 Å². The van der Waals surface area contributed by atoms with Gasteiger partial charge >= 0.3 is 5.97 Å². The van der Waals surface area contributed by atoms with Gasteiger partial charge in [0, 0.05) is 12.5 Å². The number of rotatable bonds is 11. The monoisotopic (exact) mass is 494 g/mol. The van der Waals surface area contributed by atoms with Crippen LogP contribution in [-0.2, 0) is 13.6 Å². The maximum Gasteiger partial charge on any atom is 0.317 e. The van der Waals surface area contributed by atoms with Gasteiger partial charge in [-0.2, -0.15) is 0 Å². The maximum absolute atomic E-state index is 12.8. The Balaban J connectivity index is 2.99. The van der Waals surface area contributed by atoms with Gasteiger partial charge in [0.05, 0.1) is 0 Å². The van der Waals surface area contributed by atoms with Gasteiger partial charge in [0.2, 0.25) is 8.32 Å². The molecule has 0 aromatic carbocycles. The Morgan fingerprint density at radius 3 is 1.61 bits per heavy atom. The van der Waals surface area contributed by atoms with Crippen LogP contribution in [0, 0.1) is 0 Å². The van der Waals surface area contributed by atoms with Gasteiger partial charge in [-0.25, -0.2) is 4.79 Å². The predicted octanol–water partition coefficient (Wildman–Crippen LogP) is 8.03. The van der Waals surface area contributed by atoms with Crippen LogP contribution in [0.2, 0.25) is 33.2 Å². The van der Waals surface area contributed by atoms with Gasteiger partial charge in [-0.15, -0.1) is 0 Å². The molecule has 1 rings (SSSR count). The number of allylic oxidation sites excluding steroid dienone is 3. The summed E-state index contributed by atoms with van der Waals surface area (Å²) in [5.74, 6) is -1.56. The molecule has 0 radical (unpaired) electrons. The molecule has 0 saturated heterocycles. The van der Waals surface area contributed by atoms with E-state index in [9.17, 15) is 9.90 Å². The molecule has 0 aliphatic heterocycles. The van der Waals surface area contributed by atoms with Crippen molar-refractivity contribution in [3.8, 4) is 0 Å². The maximum atomic E-state index is 12.8. The average molecular weight is 495 g/mol. The van der Waals surface area contributed by atoms with Crippen molar-refractivity contribution < 1.29 is 18.8 Å². The third-order valence-corrected chi connectivity index (χ3v) is 19.7. The molecule has 0 saturated carbocycles. The first-order valence-electron chi connectivity index (χ1n) is 12.8. The quantitative estimate of drug-likeness (QED) is 0.179. The van der Waals surface area contributed by atoms with E-state index in [0.717, 1.165) is 5.57 Å². The van der Waals surface area contributed by atoms with Crippen LogP contribution in [0.1, 0.15) is 89.5 Å². The number of aliphatic hydroxyl groups is 1. The molecule has 1 N–H and O–H groups in total. The highest BCUT2D eigenvalue weighted by molar-refractivity contribution is 6.79. The first-order valence-corrected chi connectivity index (χ1v) is 17.1. The molecular weight excluding hydrogens is 444 g/mol. The fraction of sp³-hybridized carbons (Fsp3) is 0.741. The largest absolute Gasteiger partial charge is 0.515 e. The molecule has 6 heteroatoms. The lowest BCUT2D eigenvalue weighted by atomic mass is 10.0. The van der Waals surface area contributed by atoms with Crippen molar-refractivity contribution >= 4 is 22.6 Å². The summed E-state index contributed by atoms with van der Waals surface area (Å²) in [6, 6.07) is 0. The second-order valence-corrected chi connectivity index (χ2v) is 22.3. The lowest BCUT2D eigenvalue weighted by Crippen LogP contribution is -2.54. The van der Waals surface area contributed by atoms with Gasteiger partial charge < -0.3 is 14.0 Å². The van der Waals surface area contributed by atoms with E-state index in [4.69, 9.17) is 8.85 Å². The Labute approximate surface area is 205 Å². The fourth-order valence-electron chi connectivity index (χ4n) is 6.21. The molecular formula is C27H50O4Si2. The SMILES string of the molecule is CC(C)[Si](OC(=O)/C=C/C1=CCC(O)(O[Si](C(C)C)(C(C)C)C(C)C)C=C1)(C(C)C)C(C)C. The molecule has 0 aromatic heterocycles. The van der Waals surface area contributed by atoms with Crippen LogP contribution in [0.3, 0.4) is 0 Å². The molecule has 0 aromatic rings. The van der Waals surface area contributed by atoms with E-state index in [1.165, 1.54) is 6.08 Å². The van der Waals surface area contributed by atoms with E-state index in [2.05, 4.69) is 83.1 Å². The highest BCUT2D eigenvalue weighted by Gasteiger charge is 2.50. The average Bonchev–Trinajstić information content (AvgIpc) is 2.68. The molecule has 0 bridgehead atoms. The third kappa shape index (κ3) is 6.59. The van der Waals surface area contributed by atoms with Crippen molar-refractivity contribution in [2.24, 2.45) is 0 Å². The molecule has 0 amide bonds. The zero-order valence-electron chi connectivity index (χ0n) is 23.2. The summed E-state index contributed by atoms with van der Waals surface area (Å²) >= 11 is 0. The van der Waals surface area contributed by atoms with Crippen LogP contribution >= 0.6 is 0 Å². The Morgan fingerprint density at radius 2 is 1.27 bits per heavy atom. The number of carbonyl (C=O) groups is 1. The summed E-state index contributed by atoms with van der Waals surface area (Å²) in [4.78, 5) is 12.8. The van der Waals surface area contributed by atoms with E-state index in [1.807, 2.05) is 12.2 Å². The Bertz CT molecular complexity index is 704. The molecule has 1 unspecified atom stereocenters. The molecule has 0 heterocycles. The Hall–Kier alpha value is -0.956. The molecule has 1 aliphatic carbocycles. The van der Waals surface area contributed by atoms with Crippen LogP contribution in [-0.4, -0.2) is 33.5 Å². The third-order valence-electron chi connectivity index (χ3n) is 7.62. The van der Waals surface area contributed by atoms with E-state index in [1.54, 1.807) is 12.2 Å². The van der Waals surface area contributed by atoms with E-state index in [-0.39, 0.29) is 5.97 Å². The minimum Gasteiger partial charge on any atom is -0.515 e. The number of carbonyl (C=O) groups excluding carboxylic acids is 1. The van der Waals surface area contributed by atoms with Crippen LogP contribution in [0.4, 0.5) is 0 Å². The predicted molar refractivity (Wildman–Crippen MR) is 145 cm³/mol. The van der Waals surface area contributed by atoms with Gasteiger partial charge in [0.1, 0.15) is 0 Å². The van der Waals surface area contributed by atoms with Crippen LogP contribution in [0.5, 0.6) is 0 Å². The smallest absolute Gasteiger partial charge is 0.317 e. The molecule has 1 atom stereocenters.